The molecule has 0 bridgehead atoms. The molecule has 1 amide bonds. The van der Waals surface area contributed by atoms with Gasteiger partial charge in [-0.15, -0.1) is 0 Å². The van der Waals surface area contributed by atoms with Crippen molar-refractivity contribution in [2.24, 2.45) is 5.92 Å². The summed E-state index contributed by atoms with van der Waals surface area (Å²) in [7, 11) is 0. The van der Waals surface area contributed by atoms with E-state index in [4.69, 9.17) is 0 Å². The van der Waals surface area contributed by atoms with E-state index in [-0.39, 0.29) is 11.9 Å². The average Bonchev–Trinajstić information content (AvgIpc) is 3.26. The van der Waals surface area contributed by atoms with Gasteiger partial charge in [-0.1, -0.05) is 12.1 Å². The molecule has 5 nitrogen and oxygen atoms in total. The molecule has 1 saturated heterocycles. The third-order valence-electron chi connectivity index (χ3n) is 4.49. The van der Waals surface area contributed by atoms with Crippen LogP contribution in [-0.4, -0.2) is 28.5 Å². The molecule has 3 rings (SSSR count). The van der Waals surface area contributed by atoms with E-state index >= 15 is 0 Å². The summed E-state index contributed by atoms with van der Waals surface area (Å²) in [4.78, 5) is 16.2. The number of carbonyl (C=O) groups is 1. The molecule has 2 aromatic rings. The number of rotatable bonds is 6. The molecule has 0 spiro atoms. The summed E-state index contributed by atoms with van der Waals surface area (Å²) < 4.78 is 1.96. The third-order valence-corrected chi connectivity index (χ3v) is 4.49. The Morgan fingerprint density at radius 2 is 2.43 bits per heavy atom. The largest absolute Gasteiger partial charge is 0.350 e. The van der Waals surface area contributed by atoms with Gasteiger partial charge in [-0.2, -0.15) is 0 Å². The van der Waals surface area contributed by atoms with Crippen LogP contribution in [0.4, 0.5) is 0 Å². The van der Waals surface area contributed by atoms with E-state index in [1.165, 1.54) is 6.42 Å². The van der Waals surface area contributed by atoms with Crippen molar-refractivity contribution in [1.29, 1.82) is 0 Å². The van der Waals surface area contributed by atoms with Crippen molar-refractivity contribution in [3.05, 3.63) is 48.5 Å². The molecule has 122 valence electrons. The van der Waals surface area contributed by atoms with Crippen LogP contribution in [0, 0.1) is 5.92 Å². The zero-order valence-corrected chi connectivity index (χ0v) is 13.5. The summed E-state index contributed by atoms with van der Waals surface area (Å²) in [5, 5.41) is 6.45. The molecule has 0 aliphatic carbocycles. The zero-order chi connectivity index (χ0) is 16.1. The van der Waals surface area contributed by atoms with Crippen molar-refractivity contribution in [2.45, 2.75) is 32.2 Å². The summed E-state index contributed by atoms with van der Waals surface area (Å²) in [6, 6.07) is 8.19. The molecule has 1 aromatic heterocycles. The first kappa shape index (κ1) is 15.7. The average molecular weight is 312 g/mol. The van der Waals surface area contributed by atoms with E-state index in [9.17, 15) is 4.79 Å². The lowest BCUT2D eigenvalue weighted by atomic mass is 10.0. The number of hydrogen-bond donors (Lipinski definition) is 2. The van der Waals surface area contributed by atoms with E-state index in [1.807, 2.05) is 35.9 Å². The second kappa shape index (κ2) is 7.42. The van der Waals surface area contributed by atoms with Gasteiger partial charge in [0.25, 0.3) is 0 Å². The lowest BCUT2D eigenvalue weighted by Crippen LogP contribution is -2.27. The Labute approximate surface area is 137 Å². The smallest absolute Gasteiger partial charge is 0.220 e. The van der Waals surface area contributed by atoms with E-state index in [1.54, 1.807) is 12.5 Å². The number of carbonyl (C=O) groups excluding carboxylic acids is 1. The van der Waals surface area contributed by atoms with E-state index in [0.717, 1.165) is 30.8 Å². The minimum atomic E-state index is 0.00711. The molecule has 2 atom stereocenters. The van der Waals surface area contributed by atoms with Crippen LogP contribution >= 0.6 is 0 Å². The molecule has 1 aromatic carbocycles. The standard InChI is InChI=1S/C18H24N4O/c1-14(21-18(23)6-5-15-7-8-19-12-15)16-3-2-4-17(11-16)22-10-9-20-13-22/h2-4,9-11,13-15,19H,5-8,12H2,1H3,(H,21,23). The van der Waals surface area contributed by atoms with Gasteiger partial charge in [0, 0.05) is 24.5 Å². The molecule has 2 N–H and O–H groups in total. The highest BCUT2D eigenvalue weighted by Crippen LogP contribution is 2.18. The summed E-state index contributed by atoms with van der Waals surface area (Å²) in [6.45, 7) is 4.17. The number of nitrogens with one attached hydrogen (secondary N) is 2. The van der Waals surface area contributed by atoms with Crippen molar-refractivity contribution in [3.8, 4) is 5.69 Å². The van der Waals surface area contributed by atoms with Crippen LogP contribution in [0.15, 0.2) is 43.0 Å². The monoisotopic (exact) mass is 312 g/mol. The second-order valence-corrected chi connectivity index (χ2v) is 6.25. The van der Waals surface area contributed by atoms with E-state index in [0.29, 0.717) is 12.3 Å². The molecule has 1 fully saturated rings. The van der Waals surface area contributed by atoms with Gasteiger partial charge in [-0.3, -0.25) is 4.79 Å². The molecular formula is C18H24N4O. The summed E-state index contributed by atoms with van der Waals surface area (Å²) in [5.41, 5.74) is 2.16. The maximum absolute atomic E-state index is 12.2. The minimum absolute atomic E-state index is 0.00711. The van der Waals surface area contributed by atoms with Crippen LogP contribution in [0.3, 0.4) is 0 Å². The number of aromatic nitrogens is 2. The highest BCUT2D eigenvalue weighted by atomic mass is 16.1. The molecule has 2 unspecified atom stereocenters. The van der Waals surface area contributed by atoms with Gasteiger partial charge in [0.1, 0.15) is 0 Å². The maximum atomic E-state index is 12.2. The van der Waals surface area contributed by atoms with Crippen molar-refractivity contribution in [3.63, 3.8) is 0 Å². The first-order valence-corrected chi connectivity index (χ1v) is 8.31. The van der Waals surface area contributed by atoms with E-state index < -0.39 is 0 Å². The summed E-state index contributed by atoms with van der Waals surface area (Å²) >= 11 is 0. The van der Waals surface area contributed by atoms with Crippen LogP contribution in [0.2, 0.25) is 0 Å². The van der Waals surface area contributed by atoms with Crippen molar-refractivity contribution in [2.75, 3.05) is 13.1 Å². The molecule has 1 aliphatic heterocycles. The predicted octanol–water partition coefficient (Wildman–Crippen LogP) is 2.44. The van der Waals surface area contributed by atoms with Gasteiger partial charge in [0.05, 0.1) is 12.4 Å². The predicted molar refractivity (Wildman–Crippen MR) is 90.3 cm³/mol. The molecule has 5 heteroatoms. The third kappa shape index (κ3) is 4.20. The first-order valence-electron chi connectivity index (χ1n) is 8.31. The normalized spacial score (nSPS) is 18.7. The van der Waals surface area contributed by atoms with Gasteiger partial charge in [0.15, 0.2) is 0 Å². The number of amides is 1. The van der Waals surface area contributed by atoms with Crippen LogP contribution in [0.5, 0.6) is 0 Å². The quantitative estimate of drug-likeness (QED) is 0.861. The molecule has 0 radical (unpaired) electrons. The van der Waals surface area contributed by atoms with Crippen LogP contribution in [0.1, 0.15) is 37.8 Å². The first-order chi connectivity index (χ1) is 11.2. The second-order valence-electron chi connectivity index (χ2n) is 6.25. The Hall–Kier alpha value is -2.14. The summed E-state index contributed by atoms with van der Waals surface area (Å²) in [5.74, 6) is 0.790. The van der Waals surface area contributed by atoms with Crippen LogP contribution in [0.25, 0.3) is 5.69 Å². The fourth-order valence-corrected chi connectivity index (χ4v) is 3.06. The molecule has 1 aliphatic rings. The maximum Gasteiger partial charge on any atom is 0.220 e. The van der Waals surface area contributed by atoms with Gasteiger partial charge in [0.2, 0.25) is 5.91 Å². The Kier molecular flexibility index (Phi) is 5.08. The van der Waals surface area contributed by atoms with E-state index in [2.05, 4.69) is 21.7 Å². The van der Waals surface area contributed by atoms with Crippen molar-refractivity contribution in [1.82, 2.24) is 20.2 Å². The van der Waals surface area contributed by atoms with Crippen LogP contribution in [-0.2, 0) is 4.79 Å². The number of nitrogens with zero attached hydrogens (tertiary/aromatic N) is 2. The highest BCUT2D eigenvalue weighted by molar-refractivity contribution is 5.76. The molecule has 0 saturated carbocycles. The Balaban J connectivity index is 1.56. The number of imidazole rings is 1. The van der Waals surface area contributed by atoms with Crippen molar-refractivity contribution < 1.29 is 4.79 Å². The van der Waals surface area contributed by atoms with Gasteiger partial charge < -0.3 is 15.2 Å². The zero-order valence-electron chi connectivity index (χ0n) is 13.5. The Morgan fingerprint density at radius 3 is 3.17 bits per heavy atom. The Morgan fingerprint density at radius 1 is 1.52 bits per heavy atom. The fourth-order valence-electron chi connectivity index (χ4n) is 3.06. The molecular weight excluding hydrogens is 288 g/mol. The Bertz CT molecular complexity index is 632. The minimum Gasteiger partial charge on any atom is -0.350 e. The lowest BCUT2D eigenvalue weighted by Gasteiger charge is -2.16. The van der Waals surface area contributed by atoms with Gasteiger partial charge in [-0.05, 0) is 56.5 Å². The topological polar surface area (TPSA) is 59.0 Å². The highest BCUT2D eigenvalue weighted by Gasteiger charge is 2.17. The lowest BCUT2D eigenvalue weighted by molar-refractivity contribution is -0.122. The molecule has 23 heavy (non-hydrogen) atoms. The SMILES string of the molecule is CC(NC(=O)CCC1CCNC1)c1cccc(-n2ccnc2)c1. The van der Waals surface area contributed by atoms with Gasteiger partial charge >= 0.3 is 0 Å². The van der Waals surface area contributed by atoms with Crippen molar-refractivity contribution >= 4 is 5.91 Å². The number of hydrogen-bond acceptors (Lipinski definition) is 3. The number of benzene rings is 1. The fraction of sp³-hybridized carbons (Fsp3) is 0.444. The molecule has 2 heterocycles. The summed E-state index contributed by atoms with van der Waals surface area (Å²) in [6.07, 6.45) is 8.22. The van der Waals surface area contributed by atoms with Crippen LogP contribution < -0.4 is 10.6 Å². The van der Waals surface area contributed by atoms with Gasteiger partial charge in [-0.25, -0.2) is 4.98 Å².